The van der Waals surface area contributed by atoms with E-state index in [4.69, 9.17) is 16.3 Å². The molecule has 2 aromatic carbocycles. The second kappa shape index (κ2) is 8.83. The highest BCUT2D eigenvalue weighted by atomic mass is 35.5. The van der Waals surface area contributed by atoms with Gasteiger partial charge in [-0.05, 0) is 53.8 Å². The number of halogens is 1. The van der Waals surface area contributed by atoms with E-state index in [9.17, 15) is 13.2 Å². The highest BCUT2D eigenvalue weighted by Gasteiger charge is 2.23. The molecule has 160 valence electrons. The molecule has 0 aliphatic carbocycles. The summed E-state index contributed by atoms with van der Waals surface area (Å²) in [7, 11) is -0.868. The van der Waals surface area contributed by atoms with Crippen molar-refractivity contribution in [2.75, 3.05) is 25.0 Å². The van der Waals surface area contributed by atoms with Crippen molar-refractivity contribution >= 4 is 54.6 Å². The first-order valence-corrected chi connectivity index (χ1v) is 11.9. The number of amides is 1. The molecule has 9 heteroatoms. The van der Waals surface area contributed by atoms with Crippen molar-refractivity contribution in [3.63, 3.8) is 0 Å². The molecular weight excluding hydrogens is 444 g/mol. The zero-order valence-electron chi connectivity index (χ0n) is 17.1. The van der Waals surface area contributed by atoms with Gasteiger partial charge in [0.1, 0.15) is 5.75 Å². The minimum atomic E-state index is -3.82. The van der Waals surface area contributed by atoms with E-state index >= 15 is 0 Å². The molecule has 1 aromatic heterocycles. The van der Waals surface area contributed by atoms with Gasteiger partial charge in [0.15, 0.2) is 0 Å². The Kier molecular flexibility index (Phi) is 6.59. The number of ether oxygens (including phenoxy) is 1. The van der Waals surface area contributed by atoms with E-state index in [0.717, 1.165) is 10.1 Å². The lowest BCUT2D eigenvalue weighted by atomic mass is 10.2. The van der Waals surface area contributed by atoms with Gasteiger partial charge in [-0.15, -0.1) is 11.3 Å². The van der Waals surface area contributed by atoms with Gasteiger partial charge in [0.05, 0.1) is 27.6 Å². The van der Waals surface area contributed by atoms with Crippen molar-refractivity contribution in [1.29, 1.82) is 0 Å². The maximum absolute atomic E-state index is 13.0. The van der Waals surface area contributed by atoms with Crippen LogP contribution in [0.5, 0.6) is 5.75 Å². The first kappa shape index (κ1) is 22.4. The summed E-state index contributed by atoms with van der Waals surface area (Å²) in [5.41, 5.74) is 0.487. The molecule has 0 unspecified atom stereocenters. The summed E-state index contributed by atoms with van der Waals surface area (Å²) in [5, 5.41) is 3.93. The molecule has 1 heterocycles. The number of methoxy groups -OCH3 is 1. The van der Waals surface area contributed by atoms with Crippen LogP contribution in [0.1, 0.15) is 23.5 Å². The SMILES string of the molecule is COc1ccc(S(=O)(=O)N(C)c2ccc3sc(C(=O)NCC(C)C)cc3c2)cc1Cl. The fourth-order valence-electron chi connectivity index (χ4n) is 2.83. The van der Waals surface area contributed by atoms with Crippen LogP contribution in [-0.2, 0) is 10.0 Å². The quantitative estimate of drug-likeness (QED) is 0.544. The molecule has 0 bridgehead atoms. The van der Waals surface area contributed by atoms with E-state index in [1.165, 1.54) is 48.0 Å². The Morgan fingerprint density at radius 3 is 2.57 bits per heavy atom. The normalized spacial score (nSPS) is 11.7. The number of hydrogen-bond acceptors (Lipinski definition) is 5. The number of carbonyl (C=O) groups excluding carboxylic acids is 1. The van der Waals surface area contributed by atoms with Gasteiger partial charge in [-0.3, -0.25) is 9.10 Å². The number of benzene rings is 2. The van der Waals surface area contributed by atoms with Crippen LogP contribution in [0, 0.1) is 5.92 Å². The molecular formula is C21H23ClN2O4S2. The monoisotopic (exact) mass is 466 g/mol. The number of anilines is 1. The number of thiophene rings is 1. The summed E-state index contributed by atoms with van der Waals surface area (Å²) in [6.07, 6.45) is 0. The lowest BCUT2D eigenvalue weighted by molar-refractivity contribution is 0.0953. The van der Waals surface area contributed by atoms with Crippen LogP contribution in [0.25, 0.3) is 10.1 Å². The molecule has 30 heavy (non-hydrogen) atoms. The summed E-state index contributed by atoms with van der Waals surface area (Å²) in [6.45, 7) is 4.66. The van der Waals surface area contributed by atoms with Crippen molar-refractivity contribution < 1.29 is 17.9 Å². The molecule has 0 spiro atoms. The Morgan fingerprint density at radius 2 is 1.93 bits per heavy atom. The Morgan fingerprint density at radius 1 is 1.20 bits per heavy atom. The van der Waals surface area contributed by atoms with Crippen LogP contribution in [-0.4, -0.2) is 35.0 Å². The number of nitrogens with one attached hydrogen (secondary N) is 1. The van der Waals surface area contributed by atoms with Gasteiger partial charge >= 0.3 is 0 Å². The number of carbonyl (C=O) groups is 1. The Balaban J connectivity index is 1.90. The van der Waals surface area contributed by atoms with Crippen LogP contribution in [0.4, 0.5) is 5.69 Å². The minimum Gasteiger partial charge on any atom is -0.495 e. The Hall–Kier alpha value is -2.29. The molecule has 0 saturated heterocycles. The predicted molar refractivity (Wildman–Crippen MR) is 123 cm³/mol. The van der Waals surface area contributed by atoms with Crippen molar-refractivity contribution in [1.82, 2.24) is 5.32 Å². The summed E-state index contributed by atoms with van der Waals surface area (Å²) < 4.78 is 33.3. The van der Waals surface area contributed by atoms with E-state index in [1.807, 2.05) is 19.9 Å². The molecule has 0 aliphatic rings. The van der Waals surface area contributed by atoms with Crippen LogP contribution in [0.3, 0.4) is 0 Å². The third-order valence-corrected chi connectivity index (χ3v) is 7.73. The largest absolute Gasteiger partial charge is 0.495 e. The summed E-state index contributed by atoms with van der Waals surface area (Å²) >= 11 is 7.47. The first-order valence-electron chi connectivity index (χ1n) is 9.27. The van der Waals surface area contributed by atoms with Gasteiger partial charge in [-0.25, -0.2) is 8.42 Å². The number of hydrogen-bond donors (Lipinski definition) is 1. The average molecular weight is 467 g/mol. The molecule has 0 aliphatic heterocycles. The third-order valence-electron chi connectivity index (χ3n) is 4.54. The summed E-state index contributed by atoms with van der Waals surface area (Å²) in [6, 6.07) is 11.4. The zero-order valence-corrected chi connectivity index (χ0v) is 19.5. The molecule has 0 saturated carbocycles. The highest BCUT2D eigenvalue weighted by molar-refractivity contribution is 7.92. The maximum Gasteiger partial charge on any atom is 0.264 e. The smallest absolute Gasteiger partial charge is 0.264 e. The van der Waals surface area contributed by atoms with Gasteiger partial charge in [-0.2, -0.15) is 0 Å². The standard InChI is InChI=1S/C21H23ClN2O4S2/c1-13(2)12-23-21(25)20-10-14-9-15(5-8-19(14)29-20)24(3)30(26,27)16-6-7-18(28-4)17(22)11-16/h5-11,13H,12H2,1-4H3,(H,23,25). The Bertz CT molecular complexity index is 1190. The molecule has 6 nitrogen and oxygen atoms in total. The van der Waals surface area contributed by atoms with Gasteiger partial charge in [0, 0.05) is 18.3 Å². The van der Waals surface area contributed by atoms with Crippen LogP contribution < -0.4 is 14.4 Å². The molecule has 1 N–H and O–H groups in total. The van der Waals surface area contributed by atoms with E-state index < -0.39 is 10.0 Å². The third kappa shape index (κ3) is 4.55. The van der Waals surface area contributed by atoms with Crippen molar-refractivity contribution in [2.45, 2.75) is 18.7 Å². The van der Waals surface area contributed by atoms with Crippen molar-refractivity contribution in [3.05, 3.63) is 52.4 Å². The van der Waals surface area contributed by atoms with E-state index in [2.05, 4.69) is 5.32 Å². The van der Waals surface area contributed by atoms with E-state index in [-0.39, 0.29) is 15.8 Å². The van der Waals surface area contributed by atoms with Crippen LogP contribution >= 0.6 is 22.9 Å². The van der Waals surface area contributed by atoms with Gasteiger partial charge < -0.3 is 10.1 Å². The minimum absolute atomic E-state index is 0.0648. The van der Waals surface area contributed by atoms with E-state index in [1.54, 1.807) is 18.2 Å². The van der Waals surface area contributed by atoms with Gasteiger partial charge in [-0.1, -0.05) is 25.4 Å². The predicted octanol–water partition coefficient (Wildman–Crippen LogP) is 4.77. The lowest BCUT2D eigenvalue weighted by Gasteiger charge is -2.20. The summed E-state index contributed by atoms with van der Waals surface area (Å²) in [4.78, 5) is 13.0. The second-order valence-electron chi connectivity index (χ2n) is 7.21. The van der Waals surface area contributed by atoms with Crippen molar-refractivity contribution in [2.24, 2.45) is 5.92 Å². The van der Waals surface area contributed by atoms with Gasteiger partial charge in [0.25, 0.3) is 15.9 Å². The number of sulfonamides is 1. The van der Waals surface area contributed by atoms with Crippen molar-refractivity contribution in [3.8, 4) is 5.75 Å². The molecule has 3 aromatic rings. The zero-order chi connectivity index (χ0) is 22.1. The lowest BCUT2D eigenvalue weighted by Crippen LogP contribution is -2.26. The number of rotatable bonds is 7. The van der Waals surface area contributed by atoms with Crippen LogP contribution in [0.15, 0.2) is 47.4 Å². The molecule has 0 atom stereocenters. The molecule has 0 fully saturated rings. The topological polar surface area (TPSA) is 75.7 Å². The molecule has 0 radical (unpaired) electrons. The fourth-order valence-corrected chi connectivity index (χ4v) is 5.32. The van der Waals surface area contributed by atoms with Crippen LogP contribution in [0.2, 0.25) is 5.02 Å². The van der Waals surface area contributed by atoms with E-state index in [0.29, 0.717) is 28.8 Å². The fraction of sp³-hybridized carbons (Fsp3) is 0.286. The highest BCUT2D eigenvalue weighted by Crippen LogP contribution is 2.33. The first-order chi connectivity index (χ1) is 14.1. The maximum atomic E-state index is 13.0. The van der Waals surface area contributed by atoms with Gasteiger partial charge in [0.2, 0.25) is 0 Å². The molecule has 1 amide bonds. The number of nitrogens with zero attached hydrogens (tertiary/aromatic N) is 1. The second-order valence-corrected chi connectivity index (χ2v) is 10.7. The molecule has 3 rings (SSSR count). The Labute approximate surface area is 185 Å². The average Bonchev–Trinajstić information content (AvgIpc) is 3.14. The number of fused-ring (bicyclic) bond motifs is 1. The summed E-state index contributed by atoms with van der Waals surface area (Å²) in [5.74, 6) is 0.641.